The van der Waals surface area contributed by atoms with Crippen molar-refractivity contribution in [1.82, 2.24) is 25.1 Å². The molecule has 28 heavy (non-hydrogen) atoms. The minimum atomic E-state index is -0.131. The van der Waals surface area contributed by atoms with Gasteiger partial charge in [0, 0.05) is 18.6 Å². The van der Waals surface area contributed by atoms with Crippen molar-refractivity contribution >= 4 is 22.0 Å². The van der Waals surface area contributed by atoms with Gasteiger partial charge in [0.15, 0.2) is 11.5 Å². The first-order chi connectivity index (χ1) is 13.6. The van der Waals surface area contributed by atoms with Gasteiger partial charge in [0.25, 0.3) is 5.56 Å². The predicted octanol–water partition coefficient (Wildman–Crippen LogP) is 2.54. The summed E-state index contributed by atoms with van der Waals surface area (Å²) in [6, 6.07) is 6.86. The van der Waals surface area contributed by atoms with Crippen LogP contribution in [0.25, 0.3) is 33.3 Å². The number of oxazole rings is 1. The molecule has 4 aromatic rings. The normalized spacial score (nSPS) is 15.5. The van der Waals surface area contributed by atoms with Crippen LogP contribution in [-0.4, -0.2) is 37.9 Å². The zero-order valence-electron chi connectivity index (χ0n) is 15.3. The van der Waals surface area contributed by atoms with Crippen molar-refractivity contribution in [2.45, 2.75) is 25.8 Å². The van der Waals surface area contributed by atoms with Crippen molar-refractivity contribution in [3.8, 4) is 17.0 Å². The topological polar surface area (TPSA) is 106 Å². The Labute approximate surface area is 159 Å². The second-order valence-corrected chi connectivity index (χ2v) is 7.07. The van der Waals surface area contributed by atoms with Crippen LogP contribution in [0.1, 0.15) is 24.8 Å². The summed E-state index contributed by atoms with van der Waals surface area (Å²) in [7, 11) is 0. The van der Waals surface area contributed by atoms with Crippen molar-refractivity contribution in [2.24, 2.45) is 0 Å². The number of hydrogen-bond acceptors (Lipinski definition) is 7. The van der Waals surface area contributed by atoms with Crippen LogP contribution in [0.5, 0.6) is 5.75 Å². The number of piperidine rings is 1. The minimum Gasteiger partial charge on any atom is -0.507 e. The van der Waals surface area contributed by atoms with Gasteiger partial charge in [-0.1, -0.05) is 0 Å². The van der Waals surface area contributed by atoms with Gasteiger partial charge in [-0.05, 0) is 44.1 Å². The summed E-state index contributed by atoms with van der Waals surface area (Å²) in [5.74, 6) is 0.587. The Morgan fingerprint density at radius 2 is 2.00 bits per heavy atom. The molecule has 1 saturated heterocycles. The Hall–Kier alpha value is -3.26. The summed E-state index contributed by atoms with van der Waals surface area (Å²) < 4.78 is 7.13. The molecule has 0 spiro atoms. The number of hydrogen-bond donors (Lipinski definition) is 2. The molecule has 1 aromatic carbocycles. The van der Waals surface area contributed by atoms with Crippen molar-refractivity contribution in [1.29, 1.82) is 0 Å². The lowest BCUT2D eigenvalue weighted by Crippen LogP contribution is -2.35. The fourth-order valence-electron chi connectivity index (χ4n) is 3.79. The van der Waals surface area contributed by atoms with E-state index in [0.29, 0.717) is 39.2 Å². The van der Waals surface area contributed by atoms with Gasteiger partial charge in [-0.15, -0.1) is 0 Å². The standard InChI is InChI=1S/C20H19N5O3/c1-11-23-16-9-18(26)14(8-19(16)28-11)15-3-2-13-17(24-15)10-22-25(20(13)27)12-4-6-21-7-5-12/h2-3,8-10,12,21,26H,4-7H2,1H3. The molecule has 0 aliphatic carbocycles. The zero-order valence-corrected chi connectivity index (χ0v) is 15.3. The summed E-state index contributed by atoms with van der Waals surface area (Å²) in [6.07, 6.45) is 3.39. The van der Waals surface area contributed by atoms with Crippen molar-refractivity contribution in [3.63, 3.8) is 0 Å². The Bertz CT molecular complexity index is 1250. The lowest BCUT2D eigenvalue weighted by atomic mass is 10.1. The molecule has 0 saturated carbocycles. The van der Waals surface area contributed by atoms with Crippen LogP contribution in [0.15, 0.2) is 39.7 Å². The van der Waals surface area contributed by atoms with Crippen LogP contribution >= 0.6 is 0 Å². The second kappa shape index (κ2) is 6.42. The molecule has 0 atom stereocenters. The van der Waals surface area contributed by atoms with E-state index in [9.17, 15) is 9.90 Å². The van der Waals surface area contributed by atoms with Crippen LogP contribution in [0.2, 0.25) is 0 Å². The third-order valence-electron chi connectivity index (χ3n) is 5.21. The van der Waals surface area contributed by atoms with Gasteiger partial charge in [-0.25, -0.2) is 14.6 Å². The van der Waals surface area contributed by atoms with E-state index in [-0.39, 0.29) is 17.4 Å². The SMILES string of the molecule is Cc1nc2cc(O)c(-c3ccc4c(=O)n(C5CCNCC5)ncc4n3)cc2o1. The molecule has 3 aromatic heterocycles. The fourth-order valence-corrected chi connectivity index (χ4v) is 3.79. The number of rotatable bonds is 2. The molecular formula is C20H19N5O3. The Morgan fingerprint density at radius 3 is 2.82 bits per heavy atom. The van der Waals surface area contributed by atoms with Crippen LogP contribution < -0.4 is 10.9 Å². The van der Waals surface area contributed by atoms with E-state index in [1.54, 1.807) is 42.1 Å². The number of benzene rings is 1. The highest BCUT2D eigenvalue weighted by molar-refractivity contribution is 5.86. The molecular weight excluding hydrogens is 358 g/mol. The first-order valence-corrected chi connectivity index (χ1v) is 9.30. The highest BCUT2D eigenvalue weighted by Crippen LogP contribution is 2.33. The molecule has 1 fully saturated rings. The van der Waals surface area contributed by atoms with E-state index in [1.165, 1.54) is 0 Å². The molecule has 0 radical (unpaired) electrons. The maximum Gasteiger partial charge on any atom is 0.276 e. The third-order valence-corrected chi connectivity index (χ3v) is 5.21. The van der Waals surface area contributed by atoms with Gasteiger partial charge in [-0.2, -0.15) is 5.10 Å². The molecule has 0 amide bonds. The molecule has 4 heterocycles. The number of nitrogens with zero attached hydrogens (tertiary/aromatic N) is 4. The monoisotopic (exact) mass is 377 g/mol. The summed E-state index contributed by atoms with van der Waals surface area (Å²) in [5.41, 5.74) is 2.60. The quantitative estimate of drug-likeness (QED) is 0.553. The lowest BCUT2D eigenvalue weighted by molar-refractivity contribution is 0.333. The van der Waals surface area contributed by atoms with E-state index < -0.39 is 0 Å². The van der Waals surface area contributed by atoms with E-state index >= 15 is 0 Å². The average molecular weight is 377 g/mol. The van der Waals surface area contributed by atoms with Gasteiger partial charge in [0.1, 0.15) is 11.3 Å². The first-order valence-electron chi connectivity index (χ1n) is 9.30. The number of phenolic OH excluding ortho intramolecular Hbond substituents is 1. The second-order valence-electron chi connectivity index (χ2n) is 7.07. The van der Waals surface area contributed by atoms with Crippen LogP contribution in [0.3, 0.4) is 0 Å². The van der Waals surface area contributed by atoms with E-state index in [4.69, 9.17) is 4.42 Å². The van der Waals surface area contributed by atoms with E-state index in [2.05, 4.69) is 20.4 Å². The number of aromatic hydroxyl groups is 1. The molecule has 1 aliphatic heterocycles. The predicted molar refractivity (Wildman–Crippen MR) is 104 cm³/mol. The van der Waals surface area contributed by atoms with E-state index in [1.807, 2.05) is 0 Å². The van der Waals surface area contributed by atoms with E-state index in [0.717, 1.165) is 25.9 Å². The van der Waals surface area contributed by atoms with Crippen LogP contribution in [0.4, 0.5) is 0 Å². The lowest BCUT2D eigenvalue weighted by Gasteiger charge is -2.23. The smallest absolute Gasteiger partial charge is 0.276 e. The summed E-state index contributed by atoms with van der Waals surface area (Å²) in [4.78, 5) is 21.7. The Balaban J connectivity index is 1.60. The van der Waals surface area contributed by atoms with Gasteiger partial charge in [0.2, 0.25) is 0 Å². The zero-order chi connectivity index (χ0) is 19.3. The Kier molecular flexibility index (Phi) is 3.87. The number of pyridine rings is 1. The molecule has 8 nitrogen and oxygen atoms in total. The molecule has 2 N–H and O–H groups in total. The van der Waals surface area contributed by atoms with Crippen LogP contribution in [-0.2, 0) is 0 Å². The molecule has 0 bridgehead atoms. The molecule has 0 unspecified atom stereocenters. The highest BCUT2D eigenvalue weighted by Gasteiger charge is 2.19. The van der Waals surface area contributed by atoms with Gasteiger partial charge in [-0.3, -0.25) is 4.79 Å². The number of aromatic nitrogens is 4. The number of phenols is 1. The van der Waals surface area contributed by atoms with Crippen molar-refractivity contribution < 1.29 is 9.52 Å². The number of nitrogens with one attached hydrogen (secondary N) is 1. The maximum absolute atomic E-state index is 12.9. The van der Waals surface area contributed by atoms with Crippen molar-refractivity contribution in [3.05, 3.63) is 46.7 Å². The molecule has 5 rings (SSSR count). The van der Waals surface area contributed by atoms with Gasteiger partial charge >= 0.3 is 0 Å². The Morgan fingerprint density at radius 1 is 1.18 bits per heavy atom. The number of fused-ring (bicyclic) bond motifs is 2. The summed E-state index contributed by atoms with van der Waals surface area (Å²) in [5, 5.41) is 18.6. The molecule has 1 aliphatic rings. The first kappa shape index (κ1) is 16.9. The largest absolute Gasteiger partial charge is 0.507 e. The molecule has 8 heteroatoms. The van der Waals surface area contributed by atoms with Gasteiger partial charge in [0.05, 0.1) is 28.8 Å². The summed E-state index contributed by atoms with van der Waals surface area (Å²) in [6.45, 7) is 3.53. The minimum absolute atomic E-state index is 0.0589. The van der Waals surface area contributed by atoms with Crippen LogP contribution in [0, 0.1) is 6.92 Å². The molecule has 142 valence electrons. The van der Waals surface area contributed by atoms with Crippen molar-refractivity contribution in [2.75, 3.05) is 13.1 Å². The average Bonchev–Trinajstić information content (AvgIpc) is 3.07. The number of aryl methyl sites for hydroxylation is 1. The fraction of sp³-hybridized carbons (Fsp3) is 0.300. The summed E-state index contributed by atoms with van der Waals surface area (Å²) >= 11 is 0. The maximum atomic E-state index is 12.9. The highest BCUT2D eigenvalue weighted by atomic mass is 16.3. The van der Waals surface area contributed by atoms with Gasteiger partial charge < -0.3 is 14.8 Å². The third kappa shape index (κ3) is 2.73.